The Morgan fingerprint density at radius 3 is 2.62 bits per heavy atom. The van der Waals surface area contributed by atoms with Crippen molar-refractivity contribution in [3.8, 4) is 11.5 Å². The van der Waals surface area contributed by atoms with Gasteiger partial charge in [-0.15, -0.1) is 0 Å². The number of aliphatic hydroxyl groups is 1. The van der Waals surface area contributed by atoms with E-state index in [0.29, 0.717) is 36.9 Å². The molecule has 1 aliphatic heterocycles. The predicted molar refractivity (Wildman–Crippen MR) is 108 cm³/mol. The number of nitrogens with one attached hydrogen (secondary N) is 3. The minimum absolute atomic E-state index is 0.0353. The van der Waals surface area contributed by atoms with Crippen LogP contribution in [0.2, 0.25) is 0 Å². The molecule has 4 rings (SSSR count). The van der Waals surface area contributed by atoms with Crippen molar-refractivity contribution in [3.05, 3.63) is 54.5 Å². The molecular weight excluding hydrogens is 377 g/mol. The largest absolute Gasteiger partial charge is 0.486 e. The van der Waals surface area contributed by atoms with Gasteiger partial charge in [0.05, 0.1) is 12.8 Å². The minimum Gasteiger partial charge on any atom is -0.486 e. The summed E-state index contributed by atoms with van der Waals surface area (Å²) >= 11 is 0. The van der Waals surface area contributed by atoms with E-state index in [4.69, 9.17) is 14.6 Å². The third-order valence-electron chi connectivity index (χ3n) is 4.11. The summed E-state index contributed by atoms with van der Waals surface area (Å²) < 4.78 is 25.3. The van der Waals surface area contributed by atoms with E-state index in [9.17, 15) is 4.39 Å². The van der Waals surface area contributed by atoms with Crippen LogP contribution in [0.4, 0.5) is 33.2 Å². The topological polar surface area (TPSA) is 101 Å². The van der Waals surface area contributed by atoms with Crippen LogP contribution < -0.4 is 25.4 Å². The van der Waals surface area contributed by atoms with E-state index in [-0.39, 0.29) is 18.4 Å². The molecule has 8 nitrogen and oxygen atoms in total. The molecule has 3 aromatic rings. The average Bonchev–Trinajstić information content (AvgIpc) is 2.75. The van der Waals surface area contributed by atoms with Crippen LogP contribution in [-0.4, -0.2) is 41.4 Å². The minimum atomic E-state index is -0.580. The fraction of sp³-hybridized carbons (Fsp3) is 0.200. The number of hydrogen-bond acceptors (Lipinski definition) is 8. The molecule has 1 aromatic heterocycles. The maximum absolute atomic E-state index is 14.2. The number of rotatable bonds is 7. The van der Waals surface area contributed by atoms with Crippen molar-refractivity contribution in [2.45, 2.75) is 0 Å². The van der Waals surface area contributed by atoms with Gasteiger partial charge in [0.1, 0.15) is 13.2 Å². The second kappa shape index (κ2) is 8.61. The van der Waals surface area contributed by atoms with Crippen molar-refractivity contribution in [2.24, 2.45) is 0 Å². The Bertz CT molecular complexity index is 1000. The molecule has 0 fully saturated rings. The third-order valence-corrected chi connectivity index (χ3v) is 4.11. The van der Waals surface area contributed by atoms with Gasteiger partial charge in [0.2, 0.25) is 5.95 Å². The maximum Gasteiger partial charge on any atom is 0.229 e. The van der Waals surface area contributed by atoms with Crippen LogP contribution in [0.5, 0.6) is 11.5 Å². The molecule has 0 spiro atoms. The first kappa shape index (κ1) is 18.8. The van der Waals surface area contributed by atoms with Crippen molar-refractivity contribution in [1.82, 2.24) is 9.97 Å². The summed E-state index contributed by atoms with van der Waals surface area (Å²) in [6, 6.07) is 12.7. The quantitative estimate of drug-likeness (QED) is 0.482. The lowest BCUT2D eigenvalue weighted by atomic mass is 10.2. The van der Waals surface area contributed by atoms with Gasteiger partial charge in [0, 0.05) is 29.7 Å². The van der Waals surface area contributed by atoms with Gasteiger partial charge in [-0.1, -0.05) is 6.07 Å². The zero-order valence-electron chi connectivity index (χ0n) is 15.5. The summed E-state index contributed by atoms with van der Waals surface area (Å²) in [7, 11) is 0. The second-order valence-electron chi connectivity index (χ2n) is 6.23. The van der Waals surface area contributed by atoms with Crippen LogP contribution in [0.3, 0.4) is 0 Å². The van der Waals surface area contributed by atoms with Crippen LogP contribution in [-0.2, 0) is 0 Å². The fourth-order valence-corrected chi connectivity index (χ4v) is 2.81. The lowest BCUT2D eigenvalue weighted by molar-refractivity contribution is 0.171. The van der Waals surface area contributed by atoms with E-state index in [2.05, 4.69) is 25.9 Å². The molecular formula is C20H20FN5O3. The predicted octanol–water partition coefficient (Wildman–Crippen LogP) is 3.28. The van der Waals surface area contributed by atoms with Crippen molar-refractivity contribution < 1.29 is 19.0 Å². The first-order valence-electron chi connectivity index (χ1n) is 9.12. The van der Waals surface area contributed by atoms with Crippen LogP contribution >= 0.6 is 0 Å². The van der Waals surface area contributed by atoms with Gasteiger partial charge in [0.15, 0.2) is 23.1 Å². The molecule has 150 valence electrons. The highest BCUT2D eigenvalue weighted by Crippen LogP contribution is 2.33. The number of hydrogen-bond donors (Lipinski definition) is 4. The van der Waals surface area contributed by atoms with E-state index < -0.39 is 5.82 Å². The van der Waals surface area contributed by atoms with E-state index in [1.54, 1.807) is 18.2 Å². The normalized spacial score (nSPS) is 12.3. The van der Waals surface area contributed by atoms with Crippen LogP contribution in [0, 0.1) is 5.82 Å². The number of ether oxygens (including phenoxy) is 2. The molecule has 9 heteroatoms. The molecule has 29 heavy (non-hydrogen) atoms. The number of aromatic nitrogens is 2. The van der Waals surface area contributed by atoms with Gasteiger partial charge in [-0.05, 0) is 30.3 Å². The van der Waals surface area contributed by atoms with Crippen molar-refractivity contribution in [1.29, 1.82) is 0 Å². The Kier molecular flexibility index (Phi) is 5.57. The molecule has 4 N–H and O–H groups in total. The van der Waals surface area contributed by atoms with E-state index >= 15 is 0 Å². The Morgan fingerprint density at radius 1 is 0.966 bits per heavy atom. The Labute approximate surface area is 166 Å². The van der Waals surface area contributed by atoms with Gasteiger partial charge in [-0.25, -0.2) is 9.37 Å². The summed E-state index contributed by atoms with van der Waals surface area (Å²) in [6.45, 7) is 1.46. The van der Waals surface area contributed by atoms with Crippen molar-refractivity contribution in [2.75, 3.05) is 42.3 Å². The number of aliphatic hydroxyl groups excluding tert-OH is 1. The zero-order valence-corrected chi connectivity index (χ0v) is 15.5. The maximum atomic E-state index is 14.2. The van der Waals surface area contributed by atoms with Crippen LogP contribution in [0.15, 0.2) is 48.7 Å². The molecule has 0 radical (unpaired) electrons. The second-order valence-corrected chi connectivity index (χ2v) is 6.23. The Hall–Kier alpha value is -3.59. The molecule has 2 aromatic carbocycles. The summed E-state index contributed by atoms with van der Waals surface area (Å²) in [5.74, 6) is 0.951. The lowest BCUT2D eigenvalue weighted by Crippen LogP contribution is -2.15. The van der Waals surface area contributed by atoms with Crippen molar-refractivity contribution >= 4 is 28.8 Å². The number of halogens is 1. The van der Waals surface area contributed by atoms with E-state index in [0.717, 1.165) is 17.6 Å². The molecule has 0 atom stereocenters. The van der Waals surface area contributed by atoms with E-state index in [1.165, 1.54) is 0 Å². The summed E-state index contributed by atoms with van der Waals surface area (Å²) in [6.07, 6.45) is 1.10. The number of nitrogens with zero attached hydrogens (tertiary/aromatic N) is 2. The Balaban J connectivity index is 1.51. The molecule has 0 aliphatic carbocycles. The first-order chi connectivity index (χ1) is 14.2. The summed E-state index contributed by atoms with van der Waals surface area (Å²) in [5.41, 5.74) is 2.18. The first-order valence-corrected chi connectivity index (χ1v) is 9.12. The number of benzene rings is 2. The number of fused-ring (bicyclic) bond motifs is 1. The molecule has 0 saturated heterocycles. The van der Waals surface area contributed by atoms with E-state index in [1.807, 2.05) is 24.3 Å². The highest BCUT2D eigenvalue weighted by molar-refractivity contribution is 5.65. The molecule has 0 amide bonds. The third kappa shape index (κ3) is 4.64. The highest BCUT2D eigenvalue weighted by atomic mass is 19.1. The standard InChI is InChI=1S/C20H20FN5O3/c21-16-12-23-20(25-14-3-1-2-13(10-14)22-6-7-27)26-19(16)24-15-4-5-17-18(11-15)29-9-8-28-17/h1-5,10-12,22,27H,6-9H2,(H2,23,24,25,26). The van der Waals surface area contributed by atoms with Gasteiger partial charge >= 0.3 is 0 Å². The molecule has 0 unspecified atom stereocenters. The van der Waals surface area contributed by atoms with Gasteiger partial charge < -0.3 is 30.5 Å². The van der Waals surface area contributed by atoms with Gasteiger partial charge in [-0.2, -0.15) is 4.98 Å². The molecule has 0 bridgehead atoms. The molecule has 2 heterocycles. The lowest BCUT2D eigenvalue weighted by Gasteiger charge is -2.19. The van der Waals surface area contributed by atoms with Crippen LogP contribution in [0.1, 0.15) is 0 Å². The molecule has 1 aliphatic rings. The zero-order chi connectivity index (χ0) is 20.1. The van der Waals surface area contributed by atoms with Crippen molar-refractivity contribution in [3.63, 3.8) is 0 Å². The number of anilines is 5. The average molecular weight is 397 g/mol. The monoisotopic (exact) mass is 397 g/mol. The fourth-order valence-electron chi connectivity index (χ4n) is 2.81. The summed E-state index contributed by atoms with van der Waals surface area (Å²) in [5, 5.41) is 18.0. The van der Waals surface area contributed by atoms with Gasteiger partial charge in [0.25, 0.3) is 0 Å². The smallest absolute Gasteiger partial charge is 0.229 e. The van der Waals surface area contributed by atoms with Gasteiger partial charge in [-0.3, -0.25) is 0 Å². The highest BCUT2D eigenvalue weighted by Gasteiger charge is 2.13. The molecule has 0 saturated carbocycles. The summed E-state index contributed by atoms with van der Waals surface area (Å²) in [4.78, 5) is 8.22. The van der Waals surface area contributed by atoms with Crippen LogP contribution in [0.25, 0.3) is 0 Å². The SMILES string of the molecule is OCCNc1cccc(Nc2ncc(F)c(Nc3ccc4c(c3)OCCO4)n2)c1. The Morgan fingerprint density at radius 2 is 1.76 bits per heavy atom.